The summed E-state index contributed by atoms with van der Waals surface area (Å²) in [7, 11) is 0. The molecule has 1 heterocycles. The molecule has 1 N–H and O–H groups in total. The van der Waals surface area contributed by atoms with Crippen LogP contribution in [0.3, 0.4) is 0 Å². The average Bonchev–Trinajstić information content (AvgIpc) is 2.46. The first-order valence-corrected chi connectivity index (χ1v) is 6.91. The Morgan fingerprint density at radius 3 is 2.55 bits per heavy atom. The highest BCUT2D eigenvalue weighted by Crippen LogP contribution is 2.19. The molecule has 20 heavy (non-hydrogen) atoms. The van der Waals surface area contributed by atoms with Gasteiger partial charge in [-0.25, -0.2) is 4.98 Å². The highest BCUT2D eigenvalue weighted by Gasteiger charge is 2.08. The molecule has 0 aliphatic heterocycles. The van der Waals surface area contributed by atoms with Gasteiger partial charge in [0.2, 0.25) is 5.88 Å². The Balaban J connectivity index is 2.00. The van der Waals surface area contributed by atoms with E-state index in [1.165, 1.54) is 0 Å². The quantitative estimate of drug-likeness (QED) is 0.877. The second-order valence-corrected chi connectivity index (χ2v) is 5.06. The van der Waals surface area contributed by atoms with Crippen molar-refractivity contribution >= 4 is 0 Å². The smallest absolute Gasteiger partial charge is 0.233 e. The SMILES string of the molecule is CC(C)NCc1cncc(OC(C)c2ccccc2)n1. The fraction of sp³-hybridized carbons (Fsp3) is 0.375. The molecule has 0 aliphatic carbocycles. The minimum absolute atomic E-state index is 0.0428. The summed E-state index contributed by atoms with van der Waals surface area (Å²) >= 11 is 0. The van der Waals surface area contributed by atoms with Gasteiger partial charge in [0, 0.05) is 18.8 Å². The van der Waals surface area contributed by atoms with Gasteiger partial charge in [0.25, 0.3) is 0 Å². The van der Waals surface area contributed by atoms with Crippen molar-refractivity contribution in [2.24, 2.45) is 0 Å². The van der Waals surface area contributed by atoms with E-state index in [-0.39, 0.29) is 6.10 Å². The zero-order chi connectivity index (χ0) is 14.4. The molecule has 1 unspecified atom stereocenters. The number of aromatic nitrogens is 2. The number of nitrogens with one attached hydrogen (secondary N) is 1. The molecule has 0 fully saturated rings. The molecule has 0 amide bonds. The molecule has 0 bridgehead atoms. The number of nitrogens with zero attached hydrogens (tertiary/aromatic N) is 2. The van der Waals surface area contributed by atoms with E-state index in [0.717, 1.165) is 11.3 Å². The van der Waals surface area contributed by atoms with Gasteiger partial charge < -0.3 is 10.1 Å². The molecule has 2 rings (SSSR count). The molecule has 0 radical (unpaired) electrons. The van der Waals surface area contributed by atoms with Crippen molar-refractivity contribution in [3.8, 4) is 5.88 Å². The first kappa shape index (κ1) is 14.5. The Hall–Kier alpha value is -1.94. The normalized spacial score (nSPS) is 12.4. The number of hydrogen-bond acceptors (Lipinski definition) is 4. The second kappa shape index (κ2) is 7.01. The molecule has 0 spiro atoms. The van der Waals surface area contributed by atoms with Crippen LogP contribution in [0.2, 0.25) is 0 Å². The van der Waals surface area contributed by atoms with Crippen molar-refractivity contribution in [3.05, 3.63) is 54.0 Å². The van der Waals surface area contributed by atoms with Crippen LogP contribution in [0, 0.1) is 0 Å². The van der Waals surface area contributed by atoms with E-state index in [1.54, 1.807) is 12.4 Å². The van der Waals surface area contributed by atoms with E-state index in [4.69, 9.17) is 4.74 Å². The van der Waals surface area contributed by atoms with Crippen molar-refractivity contribution in [2.45, 2.75) is 39.5 Å². The van der Waals surface area contributed by atoms with Gasteiger partial charge in [-0.05, 0) is 12.5 Å². The topological polar surface area (TPSA) is 47.0 Å². The molecule has 4 nitrogen and oxygen atoms in total. The van der Waals surface area contributed by atoms with Gasteiger partial charge >= 0.3 is 0 Å². The summed E-state index contributed by atoms with van der Waals surface area (Å²) in [6.07, 6.45) is 3.37. The van der Waals surface area contributed by atoms with Crippen LogP contribution in [0.1, 0.15) is 38.1 Å². The summed E-state index contributed by atoms with van der Waals surface area (Å²) in [5.74, 6) is 0.560. The highest BCUT2D eigenvalue weighted by atomic mass is 16.5. The fourth-order valence-corrected chi connectivity index (χ4v) is 1.81. The van der Waals surface area contributed by atoms with E-state index < -0.39 is 0 Å². The Kier molecular flexibility index (Phi) is 5.07. The number of ether oxygens (including phenoxy) is 1. The van der Waals surface area contributed by atoms with Crippen molar-refractivity contribution in [1.82, 2.24) is 15.3 Å². The maximum atomic E-state index is 5.85. The van der Waals surface area contributed by atoms with E-state index in [2.05, 4.69) is 29.1 Å². The molecular weight excluding hydrogens is 250 g/mol. The van der Waals surface area contributed by atoms with Crippen LogP contribution < -0.4 is 10.1 Å². The maximum Gasteiger partial charge on any atom is 0.233 e. The maximum absolute atomic E-state index is 5.85. The lowest BCUT2D eigenvalue weighted by Gasteiger charge is -2.14. The van der Waals surface area contributed by atoms with Crippen molar-refractivity contribution in [1.29, 1.82) is 0 Å². The van der Waals surface area contributed by atoms with E-state index in [9.17, 15) is 0 Å². The Labute approximate surface area is 120 Å². The van der Waals surface area contributed by atoms with Crippen LogP contribution in [0.25, 0.3) is 0 Å². The first-order valence-electron chi connectivity index (χ1n) is 6.91. The Morgan fingerprint density at radius 1 is 1.10 bits per heavy atom. The summed E-state index contributed by atoms with van der Waals surface area (Å²) < 4.78 is 5.85. The third-order valence-corrected chi connectivity index (χ3v) is 2.92. The molecule has 4 heteroatoms. The summed E-state index contributed by atoms with van der Waals surface area (Å²) in [6.45, 7) is 6.91. The third-order valence-electron chi connectivity index (χ3n) is 2.92. The number of benzene rings is 1. The fourth-order valence-electron chi connectivity index (χ4n) is 1.81. The molecule has 1 aromatic heterocycles. The molecule has 1 aromatic carbocycles. The van der Waals surface area contributed by atoms with Crippen LogP contribution in [0.5, 0.6) is 5.88 Å². The average molecular weight is 271 g/mol. The predicted molar refractivity (Wildman–Crippen MR) is 79.5 cm³/mol. The summed E-state index contributed by atoms with van der Waals surface area (Å²) in [4.78, 5) is 8.64. The number of rotatable bonds is 6. The monoisotopic (exact) mass is 271 g/mol. The Morgan fingerprint density at radius 2 is 1.85 bits per heavy atom. The zero-order valence-corrected chi connectivity index (χ0v) is 12.2. The summed E-state index contributed by atoms with van der Waals surface area (Å²) in [5, 5.41) is 3.32. The molecule has 0 saturated carbocycles. The molecule has 2 aromatic rings. The van der Waals surface area contributed by atoms with E-state index in [1.807, 2.05) is 37.3 Å². The van der Waals surface area contributed by atoms with Gasteiger partial charge in [0.05, 0.1) is 11.9 Å². The lowest BCUT2D eigenvalue weighted by atomic mass is 10.1. The minimum Gasteiger partial charge on any atom is -0.469 e. The van der Waals surface area contributed by atoms with Gasteiger partial charge in [0.1, 0.15) is 6.10 Å². The van der Waals surface area contributed by atoms with Crippen LogP contribution >= 0.6 is 0 Å². The minimum atomic E-state index is -0.0428. The second-order valence-electron chi connectivity index (χ2n) is 5.06. The summed E-state index contributed by atoms with van der Waals surface area (Å²) in [5.41, 5.74) is 2.01. The molecule has 0 saturated heterocycles. The van der Waals surface area contributed by atoms with Crippen LogP contribution in [0.4, 0.5) is 0 Å². The van der Waals surface area contributed by atoms with Gasteiger partial charge in [0.15, 0.2) is 0 Å². The lowest BCUT2D eigenvalue weighted by molar-refractivity contribution is 0.215. The molecular formula is C16H21N3O. The van der Waals surface area contributed by atoms with Crippen LogP contribution in [-0.2, 0) is 6.54 Å². The van der Waals surface area contributed by atoms with Crippen molar-refractivity contribution < 1.29 is 4.74 Å². The van der Waals surface area contributed by atoms with Crippen molar-refractivity contribution in [3.63, 3.8) is 0 Å². The molecule has 1 atom stereocenters. The lowest BCUT2D eigenvalue weighted by Crippen LogP contribution is -2.22. The van der Waals surface area contributed by atoms with Gasteiger partial charge in [-0.3, -0.25) is 4.98 Å². The zero-order valence-electron chi connectivity index (χ0n) is 12.2. The summed E-state index contributed by atoms with van der Waals surface area (Å²) in [6, 6.07) is 10.5. The largest absolute Gasteiger partial charge is 0.469 e. The predicted octanol–water partition coefficient (Wildman–Crippen LogP) is 3.11. The van der Waals surface area contributed by atoms with Crippen molar-refractivity contribution in [2.75, 3.05) is 0 Å². The third kappa shape index (κ3) is 4.31. The van der Waals surface area contributed by atoms with Crippen LogP contribution in [-0.4, -0.2) is 16.0 Å². The highest BCUT2D eigenvalue weighted by molar-refractivity contribution is 5.19. The molecule has 0 aliphatic rings. The Bertz CT molecular complexity index is 528. The van der Waals surface area contributed by atoms with Gasteiger partial charge in [-0.15, -0.1) is 0 Å². The number of hydrogen-bond donors (Lipinski definition) is 1. The first-order chi connectivity index (χ1) is 9.65. The van der Waals surface area contributed by atoms with E-state index in [0.29, 0.717) is 18.5 Å². The van der Waals surface area contributed by atoms with E-state index >= 15 is 0 Å². The van der Waals surface area contributed by atoms with Gasteiger partial charge in [-0.1, -0.05) is 44.2 Å². The standard InChI is InChI=1S/C16H21N3O/c1-12(2)18-10-15-9-17-11-16(19-15)20-13(3)14-7-5-4-6-8-14/h4-9,11-13,18H,10H2,1-3H3. The molecule has 106 valence electrons. The van der Waals surface area contributed by atoms with Crippen LogP contribution in [0.15, 0.2) is 42.7 Å². The van der Waals surface area contributed by atoms with Gasteiger partial charge in [-0.2, -0.15) is 0 Å².